The van der Waals surface area contributed by atoms with Crippen molar-refractivity contribution in [3.8, 4) is 11.5 Å². The minimum atomic E-state index is -0.344. The van der Waals surface area contributed by atoms with Crippen LogP contribution < -0.4 is 14.4 Å². The number of nitrogens with zero attached hydrogens (tertiary/aromatic N) is 2. The Hall–Kier alpha value is -3.58. The second-order valence-electron chi connectivity index (χ2n) is 7.99. The fraction of sp³-hybridized carbons (Fsp3) is 0.214. The van der Waals surface area contributed by atoms with Gasteiger partial charge in [0.15, 0.2) is 0 Å². The molecule has 4 rings (SSSR count). The summed E-state index contributed by atoms with van der Waals surface area (Å²) < 4.78 is 24.3. The predicted octanol–water partition coefficient (Wildman–Crippen LogP) is 6.42. The minimum Gasteiger partial charge on any atom is -0.497 e. The number of hydrogen-bond donors (Lipinski definition) is 0. The molecule has 0 N–H and O–H groups in total. The topological polar surface area (TPSA) is 51.7 Å². The number of benzene rings is 3. The van der Waals surface area contributed by atoms with E-state index in [0.29, 0.717) is 18.8 Å². The summed E-state index contributed by atoms with van der Waals surface area (Å²) in [5.41, 5.74) is 3.42. The third-order valence-corrected chi connectivity index (χ3v) is 6.59. The molecule has 0 aliphatic carbocycles. The molecule has 0 fully saturated rings. The standard InChI is InChI=1S/C28H27FN2O3S/c1-4-34-25-13-14-26-21(16-25)15-19(2)28(30-26)35-18-27(32)31(23-9-7-22(29)8-10-23)17-20-5-11-24(33-3)12-6-20/h5-16H,4,17-18H2,1-3H3. The van der Waals surface area contributed by atoms with E-state index >= 15 is 0 Å². The van der Waals surface area contributed by atoms with Crippen LogP contribution in [0.15, 0.2) is 77.8 Å². The average molecular weight is 491 g/mol. The van der Waals surface area contributed by atoms with E-state index in [4.69, 9.17) is 14.5 Å². The predicted molar refractivity (Wildman–Crippen MR) is 139 cm³/mol. The summed E-state index contributed by atoms with van der Waals surface area (Å²) >= 11 is 1.40. The van der Waals surface area contributed by atoms with Crippen LogP contribution in [0.5, 0.6) is 11.5 Å². The van der Waals surface area contributed by atoms with Gasteiger partial charge in [0.25, 0.3) is 0 Å². The Kier molecular flexibility index (Phi) is 7.87. The van der Waals surface area contributed by atoms with Crippen LogP contribution in [0.25, 0.3) is 10.9 Å². The zero-order valence-electron chi connectivity index (χ0n) is 20.0. The van der Waals surface area contributed by atoms with Crippen LogP contribution >= 0.6 is 11.8 Å². The molecule has 0 aliphatic heterocycles. The smallest absolute Gasteiger partial charge is 0.237 e. The summed E-state index contributed by atoms with van der Waals surface area (Å²) in [6.07, 6.45) is 0. The van der Waals surface area contributed by atoms with Gasteiger partial charge < -0.3 is 14.4 Å². The van der Waals surface area contributed by atoms with Gasteiger partial charge in [0.2, 0.25) is 5.91 Å². The monoisotopic (exact) mass is 490 g/mol. The van der Waals surface area contributed by atoms with E-state index in [1.54, 1.807) is 24.1 Å². The molecule has 0 atom stereocenters. The molecular formula is C28H27FN2O3S. The molecule has 35 heavy (non-hydrogen) atoms. The van der Waals surface area contributed by atoms with E-state index in [-0.39, 0.29) is 17.5 Å². The van der Waals surface area contributed by atoms with Crippen molar-refractivity contribution in [3.05, 3.63) is 89.7 Å². The van der Waals surface area contributed by atoms with E-state index in [9.17, 15) is 9.18 Å². The number of anilines is 1. The summed E-state index contributed by atoms with van der Waals surface area (Å²) in [6, 6.07) is 21.4. The highest BCUT2D eigenvalue weighted by Crippen LogP contribution is 2.28. The number of fused-ring (bicyclic) bond motifs is 1. The number of amides is 1. The van der Waals surface area contributed by atoms with Gasteiger partial charge in [0.05, 0.1) is 31.5 Å². The van der Waals surface area contributed by atoms with Crippen molar-refractivity contribution in [2.24, 2.45) is 0 Å². The number of carbonyl (C=O) groups is 1. The van der Waals surface area contributed by atoms with E-state index in [2.05, 4.69) is 6.07 Å². The van der Waals surface area contributed by atoms with Crippen LogP contribution in [-0.4, -0.2) is 30.4 Å². The quantitative estimate of drug-likeness (QED) is 0.254. The third-order valence-electron chi connectivity index (χ3n) is 5.51. The molecule has 0 radical (unpaired) electrons. The van der Waals surface area contributed by atoms with Gasteiger partial charge in [0, 0.05) is 11.1 Å². The van der Waals surface area contributed by atoms with Gasteiger partial charge >= 0.3 is 0 Å². The van der Waals surface area contributed by atoms with Crippen LogP contribution in [0.3, 0.4) is 0 Å². The number of methoxy groups -OCH3 is 1. The van der Waals surface area contributed by atoms with E-state index in [1.807, 2.05) is 56.3 Å². The Bertz CT molecular complexity index is 1310. The zero-order chi connectivity index (χ0) is 24.8. The summed E-state index contributed by atoms with van der Waals surface area (Å²) in [7, 11) is 1.61. The molecule has 0 bridgehead atoms. The van der Waals surface area contributed by atoms with Gasteiger partial charge in [-0.25, -0.2) is 9.37 Å². The minimum absolute atomic E-state index is 0.0922. The van der Waals surface area contributed by atoms with Crippen molar-refractivity contribution in [3.63, 3.8) is 0 Å². The lowest BCUT2D eigenvalue weighted by atomic mass is 10.1. The molecule has 5 nitrogen and oxygen atoms in total. The molecule has 0 saturated carbocycles. The van der Waals surface area contributed by atoms with Gasteiger partial charge in [-0.2, -0.15) is 0 Å². The van der Waals surface area contributed by atoms with Crippen molar-refractivity contribution >= 4 is 34.3 Å². The molecule has 0 aliphatic rings. The maximum absolute atomic E-state index is 13.5. The maximum atomic E-state index is 13.5. The molecule has 1 aromatic heterocycles. The molecule has 0 unspecified atom stereocenters. The Labute approximate surface area is 208 Å². The number of aryl methyl sites for hydroxylation is 1. The Morgan fingerprint density at radius 3 is 2.40 bits per heavy atom. The molecule has 180 valence electrons. The number of hydrogen-bond acceptors (Lipinski definition) is 5. The first-order valence-corrected chi connectivity index (χ1v) is 12.3. The fourth-order valence-corrected chi connectivity index (χ4v) is 4.58. The highest BCUT2D eigenvalue weighted by molar-refractivity contribution is 8.00. The number of halogens is 1. The van der Waals surface area contributed by atoms with Crippen molar-refractivity contribution in [2.75, 3.05) is 24.4 Å². The SMILES string of the molecule is CCOc1ccc2nc(SCC(=O)N(Cc3ccc(OC)cc3)c3ccc(F)cc3)c(C)cc2c1. The normalized spacial score (nSPS) is 10.9. The first kappa shape index (κ1) is 24.5. The number of ether oxygens (including phenoxy) is 2. The second kappa shape index (κ2) is 11.2. The highest BCUT2D eigenvalue weighted by atomic mass is 32.2. The molecular weight excluding hydrogens is 463 g/mol. The molecule has 3 aromatic carbocycles. The summed E-state index contributed by atoms with van der Waals surface area (Å²) in [4.78, 5) is 19.8. The summed E-state index contributed by atoms with van der Waals surface area (Å²) in [6.45, 7) is 4.91. The number of aromatic nitrogens is 1. The lowest BCUT2D eigenvalue weighted by Crippen LogP contribution is -2.32. The maximum Gasteiger partial charge on any atom is 0.237 e. The van der Waals surface area contributed by atoms with Gasteiger partial charge in [-0.05, 0) is 85.6 Å². The van der Waals surface area contributed by atoms with Crippen molar-refractivity contribution in [2.45, 2.75) is 25.4 Å². The summed E-state index contributed by atoms with van der Waals surface area (Å²) in [5, 5.41) is 1.80. The number of rotatable bonds is 9. The number of pyridine rings is 1. The Morgan fingerprint density at radius 1 is 1.00 bits per heavy atom. The van der Waals surface area contributed by atoms with Crippen LogP contribution in [0, 0.1) is 12.7 Å². The molecule has 4 aromatic rings. The van der Waals surface area contributed by atoms with Gasteiger partial charge in [0.1, 0.15) is 22.3 Å². The number of thioether (sulfide) groups is 1. The van der Waals surface area contributed by atoms with Crippen LogP contribution in [0.2, 0.25) is 0 Å². The lowest BCUT2D eigenvalue weighted by Gasteiger charge is -2.23. The molecule has 1 heterocycles. The fourth-order valence-electron chi connectivity index (χ4n) is 3.71. The molecule has 0 saturated heterocycles. The molecule has 7 heteroatoms. The van der Waals surface area contributed by atoms with E-state index in [0.717, 1.165) is 38.6 Å². The first-order chi connectivity index (χ1) is 17.0. The highest BCUT2D eigenvalue weighted by Gasteiger charge is 2.18. The van der Waals surface area contributed by atoms with E-state index < -0.39 is 0 Å². The first-order valence-electron chi connectivity index (χ1n) is 11.3. The number of carbonyl (C=O) groups excluding carboxylic acids is 1. The molecule has 1 amide bonds. The van der Waals surface area contributed by atoms with Gasteiger partial charge in [-0.15, -0.1) is 0 Å². The van der Waals surface area contributed by atoms with Gasteiger partial charge in [-0.1, -0.05) is 23.9 Å². The largest absolute Gasteiger partial charge is 0.497 e. The second-order valence-corrected chi connectivity index (χ2v) is 8.96. The average Bonchev–Trinajstić information content (AvgIpc) is 2.87. The third kappa shape index (κ3) is 6.11. The van der Waals surface area contributed by atoms with Crippen LogP contribution in [0.1, 0.15) is 18.1 Å². The molecule has 0 spiro atoms. The van der Waals surface area contributed by atoms with Crippen LogP contribution in [0.4, 0.5) is 10.1 Å². The lowest BCUT2D eigenvalue weighted by molar-refractivity contribution is -0.116. The van der Waals surface area contributed by atoms with Crippen molar-refractivity contribution in [1.82, 2.24) is 4.98 Å². The zero-order valence-corrected chi connectivity index (χ0v) is 20.8. The van der Waals surface area contributed by atoms with Crippen molar-refractivity contribution in [1.29, 1.82) is 0 Å². The Morgan fingerprint density at radius 2 is 1.71 bits per heavy atom. The van der Waals surface area contributed by atoms with Crippen molar-refractivity contribution < 1.29 is 18.7 Å². The summed E-state index contributed by atoms with van der Waals surface area (Å²) in [5.74, 6) is 1.32. The van der Waals surface area contributed by atoms with Crippen LogP contribution in [-0.2, 0) is 11.3 Å². The van der Waals surface area contributed by atoms with Gasteiger partial charge in [-0.3, -0.25) is 4.79 Å². The van der Waals surface area contributed by atoms with E-state index in [1.165, 1.54) is 23.9 Å². The Balaban J connectivity index is 1.54.